The minimum absolute atomic E-state index is 0. The average molecular weight is 252 g/mol. The van der Waals surface area contributed by atoms with Crippen molar-refractivity contribution in [2.24, 2.45) is 0 Å². The number of hydrogen-bond donors (Lipinski definition) is 2. The molecule has 17 heavy (non-hydrogen) atoms. The van der Waals surface area contributed by atoms with Crippen molar-refractivity contribution < 1.29 is 4.79 Å². The van der Waals surface area contributed by atoms with Gasteiger partial charge in [-0.3, -0.25) is 14.6 Å². The highest BCUT2D eigenvalue weighted by atomic mass is 35.5. The molecule has 0 unspecified atom stereocenters. The Balaban J connectivity index is 0.00000144. The molecule has 2 heterocycles. The van der Waals surface area contributed by atoms with Gasteiger partial charge < -0.3 is 10.3 Å². The van der Waals surface area contributed by atoms with Gasteiger partial charge in [0.05, 0.1) is 5.69 Å². The van der Waals surface area contributed by atoms with E-state index in [0.29, 0.717) is 11.4 Å². The number of carbonyl (C=O) groups is 1. The molecule has 0 aromatic carbocycles. The van der Waals surface area contributed by atoms with Crippen molar-refractivity contribution in [1.82, 2.24) is 9.97 Å². The highest BCUT2D eigenvalue weighted by Crippen LogP contribution is 2.03. The first-order valence-electron chi connectivity index (χ1n) is 4.67. The highest BCUT2D eigenvalue weighted by molar-refractivity contribution is 6.02. The number of nitrogens with zero attached hydrogens (tertiary/aromatic N) is 1. The molecule has 2 N–H and O–H groups in total. The summed E-state index contributed by atoms with van der Waals surface area (Å²) < 4.78 is 0. The van der Waals surface area contributed by atoms with Crippen LogP contribution >= 0.6 is 12.4 Å². The van der Waals surface area contributed by atoms with E-state index in [1.807, 2.05) is 0 Å². The van der Waals surface area contributed by atoms with Gasteiger partial charge in [-0.25, -0.2) is 0 Å². The summed E-state index contributed by atoms with van der Waals surface area (Å²) in [6, 6.07) is 7.94. The van der Waals surface area contributed by atoms with E-state index in [0.717, 1.165) is 0 Å². The quantitative estimate of drug-likeness (QED) is 0.848. The van der Waals surface area contributed by atoms with Crippen LogP contribution in [0.1, 0.15) is 10.5 Å². The van der Waals surface area contributed by atoms with Gasteiger partial charge in [0.2, 0.25) is 5.56 Å². The second-order valence-electron chi connectivity index (χ2n) is 3.11. The van der Waals surface area contributed by atoms with Crippen LogP contribution in [-0.4, -0.2) is 15.9 Å². The third-order valence-corrected chi connectivity index (χ3v) is 1.94. The summed E-state index contributed by atoms with van der Waals surface area (Å²) in [5.41, 5.74) is 0.639. The van der Waals surface area contributed by atoms with Crippen LogP contribution in [0.15, 0.2) is 47.5 Å². The number of rotatable bonds is 2. The lowest BCUT2D eigenvalue weighted by Crippen LogP contribution is -2.14. The van der Waals surface area contributed by atoms with Crippen LogP contribution in [0.2, 0.25) is 0 Å². The van der Waals surface area contributed by atoms with E-state index < -0.39 is 0 Å². The summed E-state index contributed by atoms with van der Waals surface area (Å²) in [5, 5.41) is 2.61. The fraction of sp³-hybridized carbons (Fsp3) is 0. The molecule has 2 aromatic rings. The Kier molecular flexibility index (Phi) is 4.42. The standard InChI is InChI=1S/C11H9N3O2.ClH/c15-10-5-4-8(7-13-10)14-11(16)9-3-1-2-6-12-9;/h1-7H,(H,13,15)(H,14,16);1H. The molecule has 0 atom stereocenters. The lowest BCUT2D eigenvalue weighted by atomic mass is 10.3. The predicted octanol–water partition coefficient (Wildman–Crippen LogP) is 1.44. The molecule has 88 valence electrons. The maximum absolute atomic E-state index is 11.6. The van der Waals surface area contributed by atoms with Crippen molar-refractivity contribution in [2.75, 3.05) is 5.32 Å². The SMILES string of the molecule is Cl.O=C(Nc1ccc(=O)[nH]c1)c1ccccn1. The zero-order chi connectivity index (χ0) is 11.4. The highest BCUT2D eigenvalue weighted by Gasteiger charge is 2.05. The maximum atomic E-state index is 11.6. The van der Waals surface area contributed by atoms with E-state index in [1.165, 1.54) is 18.3 Å². The lowest BCUT2D eigenvalue weighted by molar-refractivity contribution is 0.102. The van der Waals surface area contributed by atoms with Gasteiger partial charge in [0.1, 0.15) is 5.69 Å². The van der Waals surface area contributed by atoms with Crippen molar-refractivity contribution in [3.63, 3.8) is 0 Å². The van der Waals surface area contributed by atoms with Crippen LogP contribution in [0.5, 0.6) is 0 Å². The molecule has 0 bridgehead atoms. The normalized spacial score (nSPS) is 9.18. The molecule has 6 heteroatoms. The second-order valence-corrected chi connectivity index (χ2v) is 3.11. The molecular formula is C11H10ClN3O2. The van der Waals surface area contributed by atoms with E-state index in [4.69, 9.17) is 0 Å². The van der Waals surface area contributed by atoms with Gasteiger partial charge in [0, 0.05) is 18.5 Å². The third-order valence-electron chi connectivity index (χ3n) is 1.94. The van der Waals surface area contributed by atoms with Crippen molar-refractivity contribution in [2.45, 2.75) is 0 Å². The monoisotopic (exact) mass is 251 g/mol. The molecule has 5 nitrogen and oxygen atoms in total. The summed E-state index contributed by atoms with van der Waals surface area (Å²) in [4.78, 5) is 28.8. The van der Waals surface area contributed by atoms with Crippen LogP contribution in [0.25, 0.3) is 0 Å². The lowest BCUT2D eigenvalue weighted by Gasteiger charge is -2.02. The predicted molar refractivity (Wildman–Crippen MR) is 66.5 cm³/mol. The van der Waals surface area contributed by atoms with Gasteiger partial charge in [-0.2, -0.15) is 0 Å². The van der Waals surface area contributed by atoms with Crippen molar-refractivity contribution in [1.29, 1.82) is 0 Å². The number of aromatic amines is 1. The summed E-state index contributed by atoms with van der Waals surface area (Å²) in [7, 11) is 0. The van der Waals surface area contributed by atoms with E-state index in [2.05, 4.69) is 15.3 Å². The first-order chi connectivity index (χ1) is 7.75. The summed E-state index contributed by atoms with van der Waals surface area (Å²) in [6.07, 6.45) is 2.98. The molecule has 2 aromatic heterocycles. The molecule has 2 rings (SSSR count). The topological polar surface area (TPSA) is 74.8 Å². The number of pyridine rings is 2. The van der Waals surface area contributed by atoms with E-state index in [9.17, 15) is 9.59 Å². The molecule has 0 fully saturated rings. The summed E-state index contributed by atoms with van der Waals surface area (Å²) >= 11 is 0. The second kappa shape index (κ2) is 5.81. The molecule has 0 saturated carbocycles. The van der Waals surface area contributed by atoms with Crippen molar-refractivity contribution in [3.05, 3.63) is 58.8 Å². The number of hydrogen-bond acceptors (Lipinski definition) is 3. The summed E-state index contributed by atoms with van der Waals surface area (Å²) in [6.45, 7) is 0. The Morgan fingerprint density at radius 1 is 1.24 bits per heavy atom. The maximum Gasteiger partial charge on any atom is 0.274 e. The first kappa shape index (κ1) is 12.9. The van der Waals surface area contributed by atoms with Gasteiger partial charge >= 0.3 is 0 Å². The zero-order valence-electron chi connectivity index (χ0n) is 8.71. The van der Waals surface area contributed by atoms with E-state index in [-0.39, 0.29) is 23.9 Å². The number of aromatic nitrogens is 2. The molecular weight excluding hydrogens is 242 g/mol. The number of halogens is 1. The minimum Gasteiger partial charge on any atom is -0.327 e. The summed E-state index contributed by atoms with van der Waals surface area (Å²) in [5.74, 6) is -0.312. The van der Waals surface area contributed by atoms with E-state index >= 15 is 0 Å². The number of anilines is 1. The number of carbonyl (C=O) groups excluding carboxylic acids is 1. The Morgan fingerprint density at radius 2 is 2.06 bits per heavy atom. The molecule has 0 aliphatic heterocycles. The zero-order valence-corrected chi connectivity index (χ0v) is 9.53. The Labute approximate surface area is 103 Å². The van der Waals surface area contributed by atoms with Gasteiger partial charge in [-0.15, -0.1) is 12.4 Å². The van der Waals surface area contributed by atoms with Crippen LogP contribution < -0.4 is 10.9 Å². The number of nitrogens with one attached hydrogen (secondary N) is 2. The molecule has 0 aliphatic carbocycles. The van der Waals surface area contributed by atoms with Crippen LogP contribution in [0.4, 0.5) is 5.69 Å². The van der Waals surface area contributed by atoms with Gasteiger partial charge in [-0.05, 0) is 18.2 Å². The van der Waals surface area contributed by atoms with Gasteiger partial charge in [0.25, 0.3) is 5.91 Å². The third kappa shape index (κ3) is 3.42. The molecule has 0 radical (unpaired) electrons. The van der Waals surface area contributed by atoms with Crippen LogP contribution in [0, 0.1) is 0 Å². The van der Waals surface area contributed by atoms with Crippen LogP contribution in [0.3, 0.4) is 0 Å². The van der Waals surface area contributed by atoms with Crippen LogP contribution in [-0.2, 0) is 0 Å². The largest absolute Gasteiger partial charge is 0.327 e. The fourth-order valence-electron chi connectivity index (χ4n) is 1.18. The molecule has 0 spiro atoms. The first-order valence-corrected chi connectivity index (χ1v) is 4.67. The van der Waals surface area contributed by atoms with Crippen molar-refractivity contribution in [3.8, 4) is 0 Å². The number of amides is 1. The Morgan fingerprint density at radius 3 is 2.65 bits per heavy atom. The fourth-order valence-corrected chi connectivity index (χ4v) is 1.18. The molecule has 0 aliphatic rings. The van der Waals surface area contributed by atoms with E-state index in [1.54, 1.807) is 24.4 Å². The van der Waals surface area contributed by atoms with Gasteiger partial charge in [0.15, 0.2) is 0 Å². The Hall–Kier alpha value is -2.14. The number of H-pyrrole nitrogens is 1. The minimum atomic E-state index is -0.312. The van der Waals surface area contributed by atoms with Crippen molar-refractivity contribution >= 4 is 24.0 Å². The average Bonchev–Trinajstić information content (AvgIpc) is 2.33. The smallest absolute Gasteiger partial charge is 0.274 e. The Bertz CT molecular complexity index is 534. The molecule has 0 saturated heterocycles. The van der Waals surface area contributed by atoms with Gasteiger partial charge in [-0.1, -0.05) is 6.07 Å². The molecule has 1 amide bonds.